The van der Waals surface area contributed by atoms with E-state index in [1.165, 1.54) is 6.07 Å². The highest BCUT2D eigenvalue weighted by Crippen LogP contribution is 2.39. The van der Waals surface area contributed by atoms with Gasteiger partial charge in [-0.3, -0.25) is 0 Å². The minimum absolute atomic E-state index is 0.222. The molecule has 0 radical (unpaired) electrons. The van der Waals surface area contributed by atoms with Crippen molar-refractivity contribution in [1.29, 1.82) is 0 Å². The highest BCUT2D eigenvalue weighted by molar-refractivity contribution is 6.02. The molecule has 6 aromatic rings. The summed E-state index contributed by atoms with van der Waals surface area (Å²) >= 11 is 0. The number of rotatable bonds is 6. The average molecular weight is 523 g/mol. The van der Waals surface area contributed by atoms with E-state index in [2.05, 4.69) is 66.4 Å². The molecule has 2 nitrogen and oxygen atoms in total. The molecular formula is C37H27FO2. The number of fused-ring (bicyclic) bond motifs is 2. The van der Waals surface area contributed by atoms with E-state index >= 15 is 0 Å². The average Bonchev–Trinajstić information content (AvgIpc) is 2.99. The summed E-state index contributed by atoms with van der Waals surface area (Å²) in [5.74, 6) is 7.59. The zero-order valence-corrected chi connectivity index (χ0v) is 22.2. The van der Waals surface area contributed by atoms with E-state index < -0.39 is 0 Å². The van der Waals surface area contributed by atoms with Crippen LogP contribution in [0, 0.1) is 24.6 Å². The van der Waals surface area contributed by atoms with Crippen LogP contribution in [0.3, 0.4) is 0 Å². The Morgan fingerprint density at radius 2 is 1.20 bits per heavy atom. The van der Waals surface area contributed by atoms with Gasteiger partial charge < -0.3 is 9.47 Å². The van der Waals surface area contributed by atoms with Crippen LogP contribution < -0.4 is 9.47 Å². The van der Waals surface area contributed by atoms with Gasteiger partial charge in [0.25, 0.3) is 0 Å². The van der Waals surface area contributed by atoms with E-state index in [1.54, 1.807) is 19.1 Å². The SMILES string of the molecule is Cc1cc(C#Cc2ccc3cc4ccc(OCc5ccccc5)c(OCc5ccccc5)c4cc3c2)ccc1F. The third-order valence-electron chi connectivity index (χ3n) is 6.86. The molecule has 0 saturated carbocycles. The van der Waals surface area contributed by atoms with Crippen molar-refractivity contribution in [2.45, 2.75) is 20.1 Å². The monoisotopic (exact) mass is 522 g/mol. The van der Waals surface area contributed by atoms with E-state index in [9.17, 15) is 4.39 Å². The summed E-state index contributed by atoms with van der Waals surface area (Å²) in [6, 6.07) is 39.7. The van der Waals surface area contributed by atoms with Gasteiger partial charge in [-0.1, -0.05) is 84.6 Å². The lowest BCUT2D eigenvalue weighted by Gasteiger charge is -2.16. The maximum atomic E-state index is 13.6. The molecule has 0 bridgehead atoms. The summed E-state index contributed by atoms with van der Waals surface area (Å²) in [5.41, 5.74) is 4.44. The molecule has 0 N–H and O–H groups in total. The van der Waals surface area contributed by atoms with Crippen LogP contribution in [0.5, 0.6) is 11.5 Å². The van der Waals surface area contributed by atoms with Crippen molar-refractivity contribution >= 4 is 21.5 Å². The Balaban J connectivity index is 1.38. The topological polar surface area (TPSA) is 18.5 Å². The fourth-order valence-electron chi connectivity index (χ4n) is 4.70. The molecular weight excluding hydrogens is 495 g/mol. The standard InChI is InChI=1S/C37H27FO2/c1-26-20-27(15-18-35(26)38)12-13-28-14-16-31-22-32-17-19-36(39-24-29-8-4-2-5-9-29)37(34(32)23-33(31)21-28)40-25-30-10-6-3-7-11-30/h2-11,14-23H,24-25H2,1H3. The fourth-order valence-corrected chi connectivity index (χ4v) is 4.70. The quantitative estimate of drug-likeness (QED) is 0.161. The van der Waals surface area contributed by atoms with Gasteiger partial charge in [-0.05, 0) is 88.3 Å². The van der Waals surface area contributed by atoms with Gasteiger partial charge in [0, 0.05) is 16.5 Å². The Hall–Kier alpha value is -5.07. The maximum absolute atomic E-state index is 13.6. The first-order valence-electron chi connectivity index (χ1n) is 13.2. The van der Waals surface area contributed by atoms with Crippen molar-refractivity contribution < 1.29 is 13.9 Å². The van der Waals surface area contributed by atoms with Gasteiger partial charge in [0.15, 0.2) is 11.5 Å². The molecule has 0 aliphatic carbocycles. The summed E-state index contributed by atoms with van der Waals surface area (Å²) in [7, 11) is 0. The van der Waals surface area contributed by atoms with Gasteiger partial charge in [0.1, 0.15) is 19.0 Å². The molecule has 6 aromatic carbocycles. The summed E-state index contributed by atoms with van der Waals surface area (Å²) in [4.78, 5) is 0. The fraction of sp³-hybridized carbons (Fsp3) is 0.0811. The van der Waals surface area contributed by atoms with E-state index in [-0.39, 0.29) is 5.82 Å². The smallest absolute Gasteiger partial charge is 0.169 e. The first kappa shape index (κ1) is 25.2. The van der Waals surface area contributed by atoms with Crippen molar-refractivity contribution in [3.05, 3.63) is 155 Å². The van der Waals surface area contributed by atoms with Gasteiger partial charge in [0.2, 0.25) is 0 Å². The predicted molar refractivity (Wildman–Crippen MR) is 160 cm³/mol. The molecule has 6 rings (SSSR count). The number of ether oxygens (including phenoxy) is 2. The van der Waals surface area contributed by atoms with E-state index in [1.807, 2.05) is 48.5 Å². The van der Waals surface area contributed by atoms with Crippen LogP contribution in [0.25, 0.3) is 21.5 Å². The molecule has 3 heteroatoms. The van der Waals surface area contributed by atoms with Crippen LogP contribution in [-0.2, 0) is 13.2 Å². The second-order valence-electron chi connectivity index (χ2n) is 9.79. The Morgan fingerprint density at radius 1 is 0.575 bits per heavy atom. The van der Waals surface area contributed by atoms with Crippen LogP contribution in [0.2, 0.25) is 0 Å². The Bertz CT molecular complexity index is 1870. The number of benzene rings is 6. The van der Waals surface area contributed by atoms with E-state index in [0.29, 0.717) is 24.5 Å². The summed E-state index contributed by atoms with van der Waals surface area (Å²) in [6.45, 7) is 2.63. The zero-order chi connectivity index (χ0) is 27.3. The third kappa shape index (κ3) is 5.67. The van der Waals surface area contributed by atoms with Crippen LogP contribution in [0.4, 0.5) is 4.39 Å². The molecule has 0 amide bonds. The van der Waals surface area contributed by atoms with Gasteiger partial charge >= 0.3 is 0 Å². The number of halogens is 1. The van der Waals surface area contributed by atoms with Crippen molar-refractivity contribution in [2.75, 3.05) is 0 Å². The van der Waals surface area contributed by atoms with E-state index in [0.717, 1.165) is 49.5 Å². The molecule has 0 saturated heterocycles. The first-order chi connectivity index (χ1) is 19.6. The number of hydrogen-bond acceptors (Lipinski definition) is 2. The molecule has 0 atom stereocenters. The van der Waals surface area contributed by atoms with Gasteiger partial charge in [0.05, 0.1) is 0 Å². The molecule has 0 aromatic heterocycles. The Labute approximate surface area is 233 Å². The molecule has 194 valence electrons. The third-order valence-corrected chi connectivity index (χ3v) is 6.86. The molecule has 0 heterocycles. The number of aryl methyl sites for hydroxylation is 1. The van der Waals surface area contributed by atoms with Gasteiger partial charge in [-0.25, -0.2) is 4.39 Å². The van der Waals surface area contributed by atoms with Crippen molar-refractivity contribution in [3.63, 3.8) is 0 Å². The maximum Gasteiger partial charge on any atom is 0.169 e. The molecule has 40 heavy (non-hydrogen) atoms. The molecule has 0 aliphatic rings. The predicted octanol–water partition coefficient (Wildman–Crippen LogP) is 9.00. The highest BCUT2D eigenvalue weighted by Gasteiger charge is 2.13. The molecule has 0 fully saturated rings. The Morgan fingerprint density at radius 3 is 1.90 bits per heavy atom. The molecule has 0 spiro atoms. The minimum Gasteiger partial charge on any atom is -0.485 e. The van der Waals surface area contributed by atoms with Crippen molar-refractivity contribution in [1.82, 2.24) is 0 Å². The molecule has 0 aliphatic heterocycles. The van der Waals surface area contributed by atoms with Gasteiger partial charge in [-0.2, -0.15) is 0 Å². The minimum atomic E-state index is -0.222. The van der Waals surface area contributed by atoms with Crippen LogP contribution in [-0.4, -0.2) is 0 Å². The lowest BCUT2D eigenvalue weighted by molar-refractivity contribution is 0.259. The molecule has 0 unspecified atom stereocenters. The first-order valence-corrected chi connectivity index (χ1v) is 13.2. The van der Waals surface area contributed by atoms with Crippen molar-refractivity contribution in [2.24, 2.45) is 0 Å². The summed E-state index contributed by atoms with van der Waals surface area (Å²) in [6.07, 6.45) is 0. The summed E-state index contributed by atoms with van der Waals surface area (Å²) < 4.78 is 26.4. The zero-order valence-electron chi connectivity index (χ0n) is 22.2. The van der Waals surface area contributed by atoms with Crippen LogP contribution in [0.1, 0.15) is 27.8 Å². The number of hydrogen-bond donors (Lipinski definition) is 0. The van der Waals surface area contributed by atoms with Crippen LogP contribution in [0.15, 0.2) is 121 Å². The van der Waals surface area contributed by atoms with Crippen molar-refractivity contribution in [3.8, 4) is 23.3 Å². The van der Waals surface area contributed by atoms with Crippen LogP contribution >= 0.6 is 0 Å². The largest absolute Gasteiger partial charge is 0.485 e. The second-order valence-corrected chi connectivity index (χ2v) is 9.79. The second kappa shape index (κ2) is 11.4. The highest BCUT2D eigenvalue weighted by atomic mass is 19.1. The lowest BCUT2D eigenvalue weighted by Crippen LogP contribution is -2.01. The lowest BCUT2D eigenvalue weighted by atomic mass is 10.0. The Kier molecular flexibility index (Phi) is 7.16. The summed E-state index contributed by atoms with van der Waals surface area (Å²) in [5, 5.41) is 4.22. The van der Waals surface area contributed by atoms with E-state index in [4.69, 9.17) is 9.47 Å². The van der Waals surface area contributed by atoms with Gasteiger partial charge in [-0.15, -0.1) is 0 Å². The normalized spacial score (nSPS) is 10.8.